The van der Waals surface area contributed by atoms with Crippen molar-refractivity contribution in [2.75, 3.05) is 5.32 Å². The summed E-state index contributed by atoms with van der Waals surface area (Å²) < 4.78 is 15.5. The van der Waals surface area contributed by atoms with Gasteiger partial charge in [0, 0.05) is 5.56 Å². The van der Waals surface area contributed by atoms with Crippen molar-refractivity contribution in [1.82, 2.24) is 9.78 Å². The first-order valence-electron chi connectivity index (χ1n) is 8.30. The zero-order valence-corrected chi connectivity index (χ0v) is 15.8. The molecule has 1 aromatic heterocycles. The van der Waals surface area contributed by atoms with Crippen molar-refractivity contribution < 1.29 is 14.1 Å². The first-order valence-corrected chi connectivity index (χ1v) is 8.68. The largest absolute Gasteiger partial charge is 0.319 e. The minimum atomic E-state index is -0.694. The Kier molecular flexibility index (Phi) is 5.41. The first kappa shape index (κ1) is 19.5. The molecule has 0 atom stereocenters. The van der Waals surface area contributed by atoms with Gasteiger partial charge >= 0.3 is 5.69 Å². The highest BCUT2D eigenvalue weighted by Gasteiger charge is 2.21. The van der Waals surface area contributed by atoms with Gasteiger partial charge in [0.2, 0.25) is 0 Å². The van der Waals surface area contributed by atoms with E-state index in [9.17, 15) is 19.3 Å². The van der Waals surface area contributed by atoms with Gasteiger partial charge in [-0.25, -0.2) is 4.39 Å². The van der Waals surface area contributed by atoms with Crippen LogP contribution in [0.3, 0.4) is 0 Å². The van der Waals surface area contributed by atoms with Crippen LogP contribution in [0.4, 0.5) is 15.8 Å². The molecule has 0 spiro atoms. The Morgan fingerprint density at radius 1 is 1.25 bits per heavy atom. The number of halogens is 2. The molecule has 0 aliphatic heterocycles. The minimum absolute atomic E-state index is 0.000420. The molecule has 7 nitrogen and oxygen atoms in total. The molecule has 2 aromatic carbocycles. The van der Waals surface area contributed by atoms with Crippen LogP contribution in [0.1, 0.15) is 27.3 Å². The van der Waals surface area contributed by atoms with Crippen LogP contribution < -0.4 is 5.32 Å². The van der Waals surface area contributed by atoms with E-state index in [1.54, 1.807) is 42.8 Å². The fraction of sp³-hybridized carbons (Fsp3) is 0.158. The van der Waals surface area contributed by atoms with E-state index >= 15 is 0 Å². The molecule has 0 bridgehead atoms. The number of anilines is 1. The van der Waals surface area contributed by atoms with Crippen molar-refractivity contribution in [1.29, 1.82) is 0 Å². The average Bonchev–Trinajstić information content (AvgIpc) is 2.93. The van der Waals surface area contributed by atoms with Crippen LogP contribution in [0.5, 0.6) is 0 Å². The monoisotopic (exact) mass is 402 g/mol. The number of rotatable bonds is 5. The number of hydrogen-bond donors (Lipinski definition) is 1. The number of nitro groups is 1. The van der Waals surface area contributed by atoms with Gasteiger partial charge in [-0.1, -0.05) is 29.8 Å². The lowest BCUT2D eigenvalue weighted by Crippen LogP contribution is -2.13. The van der Waals surface area contributed by atoms with Crippen LogP contribution in [0.25, 0.3) is 0 Å². The van der Waals surface area contributed by atoms with Crippen LogP contribution in [-0.4, -0.2) is 20.6 Å². The SMILES string of the molecule is Cc1nn(Cc2ccc(C(=O)Nc3cccc(Cl)c3F)cc2)c(C)c1[N+](=O)[O-]. The van der Waals surface area contributed by atoms with E-state index in [-0.39, 0.29) is 16.4 Å². The predicted molar refractivity (Wildman–Crippen MR) is 103 cm³/mol. The third-order valence-electron chi connectivity index (χ3n) is 4.27. The summed E-state index contributed by atoms with van der Waals surface area (Å²) >= 11 is 5.71. The lowest BCUT2D eigenvalue weighted by molar-refractivity contribution is -0.386. The van der Waals surface area contributed by atoms with Crippen molar-refractivity contribution in [3.63, 3.8) is 0 Å². The van der Waals surface area contributed by atoms with Gasteiger partial charge in [-0.3, -0.25) is 19.6 Å². The van der Waals surface area contributed by atoms with Crippen LogP contribution in [0, 0.1) is 29.8 Å². The molecule has 9 heteroatoms. The Balaban J connectivity index is 1.75. The fourth-order valence-electron chi connectivity index (χ4n) is 2.83. The van der Waals surface area contributed by atoms with Gasteiger partial charge in [-0.05, 0) is 43.7 Å². The standard InChI is InChI=1S/C19H16ClFN4O3/c1-11-18(25(27)28)12(2)24(23-11)10-13-6-8-14(9-7-13)19(26)22-16-5-3-4-15(20)17(16)21/h3-9H,10H2,1-2H3,(H,22,26). The van der Waals surface area contributed by atoms with Gasteiger partial charge in [0.15, 0.2) is 5.82 Å². The highest BCUT2D eigenvalue weighted by Crippen LogP contribution is 2.24. The number of amides is 1. The number of nitrogens with zero attached hydrogens (tertiary/aromatic N) is 3. The van der Waals surface area contributed by atoms with E-state index in [4.69, 9.17) is 11.6 Å². The lowest BCUT2D eigenvalue weighted by atomic mass is 10.1. The number of benzene rings is 2. The zero-order valence-electron chi connectivity index (χ0n) is 15.1. The molecule has 1 heterocycles. The van der Waals surface area contributed by atoms with Gasteiger partial charge in [0.05, 0.1) is 22.2 Å². The smallest absolute Gasteiger partial charge is 0.312 e. The van der Waals surface area contributed by atoms with Crippen LogP contribution in [0.2, 0.25) is 5.02 Å². The molecule has 1 N–H and O–H groups in total. The summed E-state index contributed by atoms with van der Waals surface area (Å²) in [7, 11) is 0. The quantitative estimate of drug-likeness (QED) is 0.502. The highest BCUT2D eigenvalue weighted by atomic mass is 35.5. The van der Waals surface area contributed by atoms with E-state index in [0.29, 0.717) is 23.5 Å². The average molecular weight is 403 g/mol. The molecule has 144 valence electrons. The van der Waals surface area contributed by atoms with E-state index < -0.39 is 16.6 Å². The summed E-state index contributed by atoms with van der Waals surface area (Å²) in [6.07, 6.45) is 0. The number of aromatic nitrogens is 2. The highest BCUT2D eigenvalue weighted by molar-refractivity contribution is 6.31. The Morgan fingerprint density at radius 2 is 1.93 bits per heavy atom. The van der Waals surface area contributed by atoms with Gasteiger partial charge < -0.3 is 5.32 Å². The molecule has 0 fully saturated rings. The molecular weight excluding hydrogens is 387 g/mol. The van der Waals surface area contributed by atoms with E-state index in [2.05, 4.69) is 10.4 Å². The van der Waals surface area contributed by atoms with Crippen molar-refractivity contribution >= 4 is 28.9 Å². The first-order chi connectivity index (χ1) is 13.3. The minimum Gasteiger partial charge on any atom is -0.319 e. The maximum absolute atomic E-state index is 13.9. The summed E-state index contributed by atoms with van der Waals surface area (Å²) in [6, 6.07) is 11.0. The van der Waals surface area contributed by atoms with Gasteiger partial charge in [0.1, 0.15) is 11.4 Å². The molecule has 0 saturated heterocycles. The molecule has 1 amide bonds. The maximum Gasteiger partial charge on any atom is 0.312 e. The third kappa shape index (κ3) is 3.86. The molecule has 0 aliphatic carbocycles. The Hall–Kier alpha value is -3.26. The maximum atomic E-state index is 13.9. The third-order valence-corrected chi connectivity index (χ3v) is 4.57. The number of carbonyl (C=O) groups is 1. The predicted octanol–water partition coefficient (Wildman–Crippen LogP) is 4.50. The number of carbonyl (C=O) groups excluding carboxylic acids is 1. The van der Waals surface area contributed by atoms with Crippen LogP contribution in [-0.2, 0) is 6.54 Å². The molecule has 0 unspecified atom stereocenters. The zero-order chi connectivity index (χ0) is 20.4. The Morgan fingerprint density at radius 3 is 2.54 bits per heavy atom. The molecule has 3 aromatic rings. The van der Waals surface area contributed by atoms with E-state index in [1.807, 2.05) is 0 Å². The van der Waals surface area contributed by atoms with E-state index in [0.717, 1.165) is 5.56 Å². The van der Waals surface area contributed by atoms with Crippen LogP contribution >= 0.6 is 11.6 Å². The van der Waals surface area contributed by atoms with Gasteiger partial charge in [-0.15, -0.1) is 0 Å². The summed E-state index contributed by atoms with van der Waals surface area (Å²) in [5, 5.41) is 17.7. The summed E-state index contributed by atoms with van der Waals surface area (Å²) in [6.45, 7) is 3.55. The summed E-state index contributed by atoms with van der Waals surface area (Å²) in [5.41, 5.74) is 1.95. The fourth-order valence-corrected chi connectivity index (χ4v) is 3.01. The second kappa shape index (κ2) is 7.77. The molecule has 28 heavy (non-hydrogen) atoms. The summed E-state index contributed by atoms with van der Waals surface area (Å²) in [4.78, 5) is 23.0. The van der Waals surface area contributed by atoms with Crippen molar-refractivity contribution in [3.8, 4) is 0 Å². The van der Waals surface area contributed by atoms with Crippen molar-refractivity contribution in [2.24, 2.45) is 0 Å². The van der Waals surface area contributed by atoms with Gasteiger partial charge in [0.25, 0.3) is 5.91 Å². The molecular formula is C19H16ClFN4O3. The van der Waals surface area contributed by atoms with Gasteiger partial charge in [-0.2, -0.15) is 5.10 Å². The lowest BCUT2D eigenvalue weighted by Gasteiger charge is -2.08. The molecule has 3 rings (SSSR count). The Labute approximate surface area is 164 Å². The van der Waals surface area contributed by atoms with E-state index in [1.165, 1.54) is 18.2 Å². The number of hydrogen-bond acceptors (Lipinski definition) is 4. The molecule has 0 aliphatic rings. The van der Waals surface area contributed by atoms with Crippen molar-refractivity contribution in [3.05, 3.63) is 85.9 Å². The Bertz CT molecular complexity index is 1060. The van der Waals surface area contributed by atoms with Crippen molar-refractivity contribution in [2.45, 2.75) is 20.4 Å². The molecule has 0 radical (unpaired) electrons. The molecule has 0 saturated carbocycles. The topological polar surface area (TPSA) is 90.1 Å². The number of aryl methyl sites for hydroxylation is 1. The normalized spacial score (nSPS) is 10.7. The second-order valence-electron chi connectivity index (χ2n) is 6.19. The second-order valence-corrected chi connectivity index (χ2v) is 6.59. The van der Waals surface area contributed by atoms with Crippen LogP contribution in [0.15, 0.2) is 42.5 Å². The number of nitrogens with one attached hydrogen (secondary N) is 1. The summed E-state index contributed by atoms with van der Waals surface area (Å²) in [5.74, 6) is -1.17.